The number of hydrogen-bond donors (Lipinski definition) is 3. The molecule has 4 rings (SSSR count). The molecular weight excluding hydrogens is 516 g/mol. The van der Waals surface area contributed by atoms with Crippen LogP contribution in [0.5, 0.6) is 0 Å². The third-order valence-electron chi connectivity index (χ3n) is 7.77. The predicted octanol–water partition coefficient (Wildman–Crippen LogP) is 4.70. The summed E-state index contributed by atoms with van der Waals surface area (Å²) >= 11 is 0. The molecule has 0 bridgehead atoms. The monoisotopic (exact) mass is 556 g/mol. The number of rotatable bonds is 10. The van der Waals surface area contributed by atoms with E-state index < -0.39 is 0 Å². The first kappa shape index (κ1) is 29.8. The lowest BCUT2D eigenvalue weighted by atomic mass is 9.94. The van der Waals surface area contributed by atoms with E-state index in [2.05, 4.69) is 40.1 Å². The first-order valence-corrected chi connectivity index (χ1v) is 14.2. The Kier molecular flexibility index (Phi) is 9.78. The molecule has 41 heavy (non-hydrogen) atoms. The zero-order valence-corrected chi connectivity index (χ0v) is 24.4. The average Bonchev–Trinajstić information content (AvgIpc) is 2.97. The highest BCUT2D eigenvalue weighted by Crippen LogP contribution is 2.34. The van der Waals surface area contributed by atoms with Gasteiger partial charge in [-0.3, -0.25) is 14.4 Å². The van der Waals surface area contributed by atoms with Crippen LogP contribution in [0, 0.1) is 20.8 Å². The van der Waals surface area contributed by atoms with Gasteiger partial charge in [0.15, 0.2) is 0 Å². The number of H-pyrrole nitrogens is 1. The molecule has 2 heterocycles. The molecule has 0 spiro atoms. The van der Waals surface area contributed by atoms with Gasteiger partial charge in [-0.1, -0.05) is 30.8 Å². The maximum atomic E-state index is 13.7. The molecule has 0 aliphatic carbocycles. The summed E-state index contributed by atoms with van der Waals surface area (Å²) in [6.07, 6.45) is 3.11. The van der Waals surface area contributed by atoms with Gasteiger partial charge in [-0.2, -0.15) is 0 Å². The van der Waals surface area contributed by atoms with Crippen LogP contribution >= 0.6 is 0 Å². The van der Waals surface area contributed by atoms with Crippen LogP contribution in [0.1, 0.15) is 58.1 Å². The molecule has 0 radical (unpaired) electrons. The summed E-state index contributed by atoms with van der Waals surface area (Å²) in [6, 6.07) is 14.3. The smallest absolute Gasteiger partial charge is 0.253 e. The second kappa shape index (κ2) is 13.5. The number of aromatic nitrogens is 1. The van der Waals surface area contributed by atoms with Gasteiger partial charge in [-0.25, -0.2) is 0 Å². The number of nitrogens with one attached hydrogen (secondary N) is 3. The van der Waals surface area contributed by atoms with Crippen LogP contribution in [0.2, 0.25) is 0 Å². The maximum Gasteiger partial charge on any atom is 0.253 e. The number of benzene rings is 2. The summed E-state index contributed by atoms with van der Waals surface area (Å²) in [4.78, 5) is 43.0. The molecule has 1 aliphatic heterocycles. The number of carbonyl (C=O) groups excluding carboxylic acids is 2. The fourth-order valence-corrected chi connectivity index (χ4v) is 5.46. The quantitative estimate of drug-likeness (QED) is 0.314. The van der Waals surface area contributed by atoms with Crippen molar-refractivity contribution in [3.8, 4) is 11.1 Å². The molecule has 1 aromatic heterocycles. The number of aryl methyl sites for hydroxylation is 2. The second-order valence-corrected chi connectivity index (χ2v) is 10.5. The van der Waals surface area contributed by atoms with E-state index in [0.29, 0.717) is 23.7 Å². The van der Waals surface area contributed by atoms with Crippen molar-refractivity contribution in [3.63, 3.8) is 0 Å². The zero-order chi connectivity index (χ0) is 29.5. The Labute approximate surface area is 241 Å². The fraction of sp³-hybridized carbons (Fsp3) is 0.364. The number of pyridine rings is 1. The van der Waals surface area contributed by atoms with Crippen LogP contribution in [0.25, 0.3) is 11.1 Å². The maximum absolute atomic E-state index is 13.7. The van der Waals surface area contributed by atoms with Crippen molar-refractivity contribution >= 4 is 17.5 Å². The molecule has 3 aromatic rings. The second-order valence-electron chi connectivity index (χ2n) is 10.5. The molecule has 216 valence electrons. The summed E-state index contributed by atoms with van der Waals surface area (Å²) in [7, 11) is 0. The van der Waals surface area contributed by atoms with Crippen molar-refractivity contribution < 1.29 is 14.3 Å². The minimum atomic E-state index is -0.225. The summed E-state index contributed by atoms with van der Waals surface area (Å²) < 4.78 is 5.62. The van der Waals surface area contributed by atoms with Crippen LogP contribution < -0.4 is 21.1 Å². The summed E-state index contributed by atoms with van der Waals surface area (Å²) in [6.45, 7) is 14.1. The molecule has 3 N–H and O–H groups in total. The Bertz CT molecular complexity index is 1470. The van der Waals surface area contributed by atoms with Crippen LogP contribution in [0.4, 0.5) is 5.69 Å². The van der Waals surface area contributed by atoms with E-state index in [1.807, 2.05) is 57.2 Å². The Morgan fingerprint density at radius 2 is 1.73 bits per heavy atom. The fourth-order valence-electron chi connectivity index (χ4n) is 5.46. The normalized spacial score (nSPS) is 13.5. The van der Waals surface area contributed by atoms with Crippen molar-refractivity contribution in [2.24, 2.45) is 0 Å². The molecule has 0 saturated carbocycles. The Morgan fingerprint density at radius 3 is 2.37 bits per heavy atom. The van der Waals surface area contributed by atoms with Gasteiger partial charge < -0.3 is 25.3 Å². The highest BCUT2D eigenvalue weighted by atomic mass is 16.5. The highest BCUT2D eigenvalue weighted by molar-refractivity contribution is 5.99. The highest BCUT2D eigenvalue weighted by Gasteiger charge is 2.25. The molecular formula is C33H40N4O4. The molecule has 8 nitrogen and oxygen atoms in total. The van der Waals surface area contributed by atoms with Crippen LogP contribution in [0.3, 0.4) is 0 Å². The molecule has 8 heteroatoms. The molecule has 2 aromatic carbocycles. The van der Waals surface area contributed by atoms with Gasteiger partial charge >= 0.3 is 0 Å². The van der Waals surface area contributed by atoms with Gasteiger partial charge in [0.05, 0.1) is 0 Å². The third-order valence-corrected chi connectivity index (χ3v) is 7.77. The van der Waals surface area contributed by atoms with E-state index in [9.17, 15) is 14.4 Å². The van der Waals surface area contributed by atoms with Gasteiger partial charge in [0, 0.05) is 61.4 Å². The van der Waals surface area contributed by atoms with Crippen LogP contribution in [-0.4, -0.2) is 42.6 Å². The van der Waals surface area contributed by atoms with Gasteiger partial charge in [-0.15, -0.1) is 0 Å². The Morgan fingerprint density at radius 1 is 1.02 bits per heavy atom. The number of amides is 2. The average molecular weight is 557 g/mol. The van der Waals surface area contributed by atoms with Crippen molar-refractivity contribution in [3.05, 3.63) is 99.0 Å². The van der Waals surface area contributed by atoms with Gasteiger partial charge in [0.2, 0.25) is 5.91 Å². The number of nitrogens with zero attached hydrogens (tertiary/aromatic N) is 1. The number of ether oxygens (including phenoxy) is 1. The first-order valence-electron chi connectivity index (χ1n) is 14.2. The largest absolute Gasteiger partial charge is 0.381 e. The molecule has 0 atom stereocenters. The van der Waals surface area contributed by atoms with Crippen LogP contribution in [0.15, 0.2) is 59.9 Å². The van der Waals surface area contributed by atoms with Crippen molar-refractivity contribution in [1.82, 2.24) is 15.6 Å². The van der Waals surface area contributed by atoms with Gasteiger partial charge in [0.1, 0.15) is 0 Å². The third kappa shape index (κ3) is 7.13. The number of aromatic amines is 1. The van der Waals surface area contributed by atoms with Gasteiger partial charge in [0.25, 0.3) is 11.5 Å². The van der Waals surface area contributed by atoms with Crippen molar-refractivity contribution in [1.29, 1.82) is 0 Å². The lowest BCUT2D eigenvalue weighted by Crippen LogP contribution is -2.40. The topological polar surface area (TPSA) is 104 Å². The molecule has 1 saturated heterocycles. The minimum absolute atomic E-state index is 0.141. The lowest BCUT2D eigenvalue weighted by Gasteiger charge is -2.37. The Balaban J connectivity index is 1.69. The first-order chi connectivity index (χ1) is 19.7. The van der Waals surface area contributed by atoms with Crippen molar-refractivity contribution in [2.75, 3.05) is 24.7 Å². The van der Waals surface area contributed by atoms with Crippen LogP contribution in [-0.2, 0) is 22.6 Å². The predicted molar refractivity (Wildman–Crippen MR) is 163 cm³/mol. The van der Waals surface area contributed by atoms with Crippen molar-refractivity contribution in [2.45, 2.75) is 59.7 Å². The number of anilines is 1. The zero-order valence-electron chi connectivity index (χ0n) is 24.4. The van der Waals surface area contributed by atoms with E-state index in [4.69, 9.17) is 4.74 Å². The van der Waals surface area contributed by atoms with E-state index in [-0.39, 0.29) is 23.9 Å². The molecule has 1 fully saturated rings. The minimum Gasteiger partial charge on any atom is -0.381 e. The van der Waals surface area contributed by atoms with E-state index in [0.717, 1.165) is 71.8 Å². The summed E-state index contributed by atoms with van der Waals surface area (Å²) in [5.41, 5.74) is 7.35. The number of hydrogen-bond acceptors (Lipinski definition) is 5. The van der Waals surface area contributed by atoms with E-state index in [1.54, 1.807) is 0 Å². The van der Waals surface area contributed by atoms with E-state index >= 15 is 0 Å². The summed E-state index contributed by atoms with van der Waals surface area (Å²) in [5, 5.41) is 5.79. The van der Waals surface area contributed by atoms with E-state index in [1.165, 1.54) is 6.08 Å². The SMILES string of the molecule is C=CC(=O)NCc1ccc(-c2cc(C(=O)NCc3c(C)cc(C)[nH]c3=O)c(C)c(N(CC)C3CCOCC3)c2)cc1. The lowest BCUT2D eigenvalue weighted by molar-refractivity contribution is -0.116. The summed E-state index contributed by atoms with van der Waals surface area (Å²) in [5.74, 6) is -0.444. The standard InChI is InChI=1S/C33H40N4O4/c1-6-31(38)34-19-24-8-10-25(11-9-24)26-17-28(32(39)35-20-29-21(3)16-22(4)36-33(29)40)23(5)30(18-26)37(7-2)27-12-14-41-15-13-27/h6,8-11,16-18,27H,1,7,12-15,19-20H2,2-5H3,(H,34,38)(H,35,39)(H,36,40). The molecule has 1 aliphatic rings. The molecule has 2 amide bonds. The van der Waals surface area contributed by atoms with Gasteiger partial charge in [-0.05, 0) is 92.6 Å². The molecule has 0 unspecified atom stereocenters. The Hall–Kier alpha value is -4.17. The number of carbonyl (C=O) groups is 2.